The number of ether oxygens (including phenoxy) is 1. The Morgan fingerprint density at radius 1 is 0.897 bits per heavy atom. The lowest BCUT2D eigenvalue weighted by Crippen LogP contribution is -2.05. The topological polar surface area (TPSA) is 26.3 Å². The van der Waals surface area contributed by atoms with E-state index in [-0.39, 0.29) is 11.7 Å². The lowest BCUT2D eigenvalue weighted by molar-refractivity contribution is 0.112. The van der Waals surface area contributed by atoms with Crippen LogP contribution in [-0.4, -0.2) is 12.9 Å². The van der Waals surface area contributed by atoms with Crippen molar-refractivity contribution in [1.82, 2.24) is 0 Å². The van der Waals surface area contributed by atoms with Gasteiger partial charge in [0.15, 0.2) is 0 Å². The summed E-state index contributed by atoms with van der Waals surface area (Å²) in [5, 5.41) is 0. The molecular formula is C26H27FO2. The van der Waals surface area contributed by atoms with Crippen molar-refractivity contribution >= 4 is 6.29 Å². The molecule has 0 amide bonds. The molecule has 0 heterocycles. The Kier molecular flexibility index (Phi) is 7.18. The summed E-state index contributed by atoms with van der Waals surface area (Å²) in [6, 6.07) is 20.6. The van der Waals surface area contributed by atoms with Crippen molar-refractivity contribution in [3.05, 3.63) is 100 Å². The van der Waals surface area contributed by atoms with Crippen molar-refractivity contribution in [2.45, 2.75) is 39.0 Å². The molecule has 0 radical (unpaired) electrons. The fraction of sp³-hybridized carbons (Fsp3) is 0.269. The average Bonchev–Trinajstić information content (AvgIpc) is 2.73. The molecule has 150 valence electrons. The molecule has 0 aliphatic rings. The summed E-state index contributed by atoms with van der Waals surface area (Å²) < 4.78 is 19.6. The van der Waals surface area contributed by atoms with Gasteiger partial charge in [-0.25, -0.2) is 4.39 Å². The first-order valence-corrected chi connectivity index (χ1v) is 10.1. The molecule has 3 heteroatoms. The summed E-state index contributed by atoms with van der Waals surface area (Å²) in [6.45, 7) is 4.84. The van der Waals surface area contributed by atoms with Crippen molar-refractivity contribution in [1.29, 1.82) is 0 Å². The highest BCUT2D eigenvalue weighted by atomic mass is 19.1. The monoisotopic (exact) mass is 390 g/mol. The predicted octanol–water partition coefficient (Wildman–Crippen LogP) is 6.64. The summed E-state index contributed by atoms with van der Waals surface area (Å²) in [7, 11) is 0. The summed E-state index contributed by atoms with van der Waals surface area (Å²) >= 11 is 0. The Hall–Kier alpha value is -2.94. The Bertz CT molecular complexity index is 947. The highest BCUT2D eigenvalue weighted by molar-refractivity contribution is 5.74. The molecule has 0 aliphatic carbocycles. The second-order valence-electron chi connectivity index (χ2n) is 7.48. The van der Waals surface area contributed by atoms with Crippen molar-refractivity contribution in [2.24, 2.45) is 0 Å². The van der Waals surface area contributed by atoms with Crippen molar-refractivity contribution < 1.29 is 13.9 Å². The van der Waals surface area contributed by atoms with Gasteiger partial charge in [0.05, 0.1) is 6.61 Å². The van der Waals surface area contributed by atoms with E-state index >= 15 is 0 Å². The number of aldehydes is 1. The maximum absolute atomic E-state index is 13.8. The minimum Gasteiger partial charge on any atom is -0.494 e. The van der Waals surface area contributed by atoms with Crippen molar-refractivity contribution in [3.63, 3.8) is 0 Å². The molecule has 0 saturated carbocycles. The van der Waals surface area contributed by atoms with Crippen LogP contribution in [0.3, 0.4) is 0 Å². The highest BCUT2D eigenvalue weighted by Gasteiger charge is 2.15. The Labute approximate surface area is 172 Å². The van der Waals surface area contributed by atoms with Crippen LogP contribution < -0.4 is 4.74 Å². The zero-order valence-electron chi connectivity index (χ0n) is 17.0. The normalized spacial score (nSPS) is 11.8. The number of hydrogen-bond donors (Lipinski definition) is 0. The second kappa shape index (κ2) is 10.0. The van der Waals surface area contributed by atoms with E-state index in [0.717, 1.165) is 36.9 Å². The van der Waals surface area contributed by atoms with E-state index in [1.807, 2.05) is 18.2 Å². The van der Waals surface area contributed by atoms with E-state index in [1.54, 1.807) is 24.3 Å². The van der Waals surface area contributed by atoms with E-state index < -0.39 is 0 Å². The SMILES string of the molecule is Cc1ccc([C@H](CCCCOc2ccc(C=O)cc2)c2cccc(F)c2)cc1C. The van der Waals surface area contributed by atoms with E-state index in [9.17, 15) is 9.18 Å². The van der Waals surface area contributed by atoms with Gasteiger partial charge < -0.3 is 4.74 Å². The zero-order chi connectivity index (χ0) is 20.6. The van der Waals surface area contributed by atoms with Crippen LogP contribution in [0.4, 0.5) is 4.39 Å². The molecule has 3 aromatic carbocycles. The van der Waals surface area contributed by atoms with Crippen LogP contribution in [0.5, 0.6) is 5.75 Å². The largest absolute Gasteiger partial charge is 0.494 e. The van der Waals surface area contributed by atoms with Gasteiger partial charge in [-0.2, -0.15) is 0 Å². The van der Waals surface area contributed by atoms with Gasteiger partial charge in [-0.1, -0.05) is 30.3 Å². The molecule has 3 rings (SSSR count). The van der Waals surface area contributed by atoms with Crippen molar-refractivity contribution in [2.75, 3.05) is 6.61 Å². The summed E-state index contributed by atoms with van der Waals surface area (Å²) in [4.78, 5) is 10.7. The van der Waals surface area contributed by atoms with Crippen LogP contribution >= 0.6 is 0 Å². The molecule has 29 heavy (non-hydrogen) atoms. The first-order valence-electron chi connectivity index (χ1n) is 10.1. The van der Waals surface area contributed by atoms with Gasteiger partial charge in [-0.15, -0.1) is 0 Å². The third-order valence-electron chi connectivity index (χ3n) is 5.36. The Morgan fingerprint density at radius 3 is 2.34 bits per heavy atom. The molecule has 0 aliphatic heterocycles. The number of carbonyl (C=O) groups excluding carboxylic acids is 1. The van der Waals surface area contributed by atoms with Gasteiger partial charge in [0.25, 0.3) is 0 Å². The fourth-order valence-electron chi connectivity index (χ4n) is 3.51. The molecule has 0 spiro atoms. The lowest BCUT2D eigenvalue weighted by Gasteiger charge is -2.19. The number of rotatable bonds is 9. The van der Waals surface area contributed by atoms with Gasteiger partial charge in [0.2, 0.25) is 0 Å². The average molecular weight is 390 g/mol. The quantitative estimate of drug-likeness (QED) is 0.302. The number of hydrogen-bond acceptors (Lipinski definition) is 2. The third kappa shape index (κ3) is 5.77. The number of halogens is 1. The maximum atomic E-state index is 13.8. The molecule has 3 aromatic rings. The Balaban J connectivity index is 1.62. The predicted molar refractivity (Wildman–Crippen MR) is 115 cm³/mol. The Morgan fingerprint density at radius 2 is 1.66 bits per heavy atom. The molecule has 0 N–H and O–H groups in total. The molecule has 0 bridgehead atoms. The van der Waals surface area contributed by atoms with Crippen LogP contribution in [0, 0.1) is 19.7 Å². The van der Waals surface area contributed by atoms with Crippen LogP contribution in [0.2, 0.25) is 0 Å². The molecule has 1 atom stereocenters. The van der Waals surface area contributed by atoms with Gasteiger partial charge in [-0.3, -0.25) is 4.79 Å². The third-order valence-corrected chi connectivity index (χ3v) is 5.36. The summed E-state index contributed by atoms with van der Waals surface area (Å²) in [5.41, 5.74) is 5.40. The van der Waals surface area contributed by atoms with E-state index in [2.05, 4.69) is 32.0 Å². The smallest absolute Gasteiger partial charge is 0.150 e. The fourth-order valence-corrected chi connectivity index (χ4v) is 3.51. The van der Waals surface area contributed by atoms with Gasteiger partial charge >= 0.3 is 0 Å². The summed E-state index contributed by atoms with van der Waals surface area (Å²) in [5.74, 6) is 0.738. The zero-order valence-corrected chi connectivity index (χ0v) is 17.0. The number of benzene rings is 3. The summed E-state index contributed by atoms with van der Waals surface area (Å²) in [6.07, 6.45) is 3.63. The lowest BCUT2D eigenvalue weighted by atomic mass is 9.86. The van der Waals surface area contributed by atoms with Crippen LogP contribution in [0.15, 0.2) is 66.7 Å². The number of aryl methyl sites for hydroxylation is 2. The van der Waals surface area contributed by atoms with Crippen molar-refractivity contribution in [3.8, 4) is 5.75 Å². The first-order chi connectivity index (χ1) is 14.1. The van der Waals surface area contributed by atoms with E-state index in [4.69, 9.17) is 4.74 Å². The van der Waals surface area contributed by atoms with Gasteiger partial charge in [-0.05, 0) is 91.8 Å². The van der Waals surface area contributed by atoms with Gasteiger partial charge in [0, 0.05) is 11.5 Å². The van der Waals surface area contributed by atoms with Crippen LogP contribution in [0.1, 0.15) is 57.8 Å². The molecular weight excluding hydrogens is 363 g/mol. The van der Waals surface area contributed by atoms with E-state index in [1.165, 1.54) is 22.8 Å². The molecule has 2 nitrogen and oxygen atoms in total. The number of carbonyl (C=O) groups is 1. The number of unbranched alkanes of at least 4 members (excludes halogenated alkanes) is 1. The molecule has 0 aromatic heterocycles. The molecule has 0 unspecified atom stereocenters. The minimum atomic E-state index is -0.196. The second-order valence-corrected chi connectivity index (χ2v) is 7.48. The van der Waals surface area contributed by atoms with E-state index in [0.29, 0.717) is 12.2 Å². The first kappa shape index (κ1) is 20.8. The van der Waals surface area contributed by atoms with Crippen LogP contribution in [-0.2, 0) is 0 Å². The molecule has 0 saturated heterocycles. The molecule has 0 fully saturated rings. The maximum Gasteiger partial charge on any atom is 0.150 e. The van der Waals surface area contributed by atoms with Crippen LogP contribution in [0.25, 0.3) is 0 Å². The van der Waals surface area contributed by atoms with Gasteiger partial charge in [0.1, 0.15) is 17.9 Å². The standard InChI is InChI=1S/C26H27FO2/c1-19-9-12-23(16-20(19)2)26(22-6-5-7-24(27)17-22)8-3-4-15-29-25-13-10-21(18-28)11-14-25/h5-7,9-14,16-18,26H,3-4,8,15H2,1-2H3/t26-/m1/s1. The minimum absolute atomic E-state index is 0.164. The highest BCUT2D eigenvalue weighted by Crippen LogP contribution is 2.31.